The van der Waals surface area contributed by atoms with E-state index < -0.39 is 45.6 Å². The number of Topliss-reactive ketones (excluding diaryl/α,β-unsaturated/α-hetero) is 1. The van der Waals surface area contributed by atoms with Crippen molar-refractivity contribution in [2.45, 2.75) is 43.7 Å². The van der Waals surface area contributed by atoms with E-state index in [2.05, 4.69) is 20.3 Å². The van der Waals surface area contributed by atoms with Crippen LogP contribution in [0.3, 0.4) is 0 Å². The van der Waals surface area contributed by atoms with Gasteiger partial charge in [0.2, 0.25) is 21.7 Å². The molecule has 1 aliphatic heterocycles. The molecule has 11 heteroatoms. The monoisotopic (exact) mass is 464 g/mol. The number of ketones is 1. The smallest absolute Gasteiger partial charge is 0.289 e. The molecule has 1 aliphatic rings. The van der Waals surface area contributed by atoms with Crippen molar-refractivity contribution >= 4 is 39.0 Å². The Labute approximate surface area is 184 Å². The number of hydrogen-bond donors (Lipinski definition) is 3. The maximum Gasteiger partial charge on any atom is 0.289 e. The molecule has 9 nitrogen and oxygen atoms in total. The number of sulfonamides is 1. The molecule has 3 N–H and O–H groups in total. The summed E-state index contributed by atoms with van der Waals surface area (Å²) < 4.78 is 27.8. The first-order valence-electron chi connectivity index (χ1n) is 9.80. The maximum absolute atomic E-state index is 13.0. The lowest BCUT2D eigenvalue weighted by Gasteiger charge is -2.24. The molecule has 0 radical (unpaired) electrons. The van der Waals surface area contributed by atoms with Gasteiger partial charge in [-0.25, -0.2) is 13.4 Å². The van der Waals surface area contributed by atoms with Crippen molar-refractivity contribution in [1.82, 2.24) is 20.3 Å². The molecule has 0 spiro atoms. The Morgan fingerprint density at radius 1 is 1.23 bits per heavy atom. The lowest BCUT2D eigenvalue weighted by molar-refractivity contribution is -0.140. The second-order valence-electron chi connectivity index (χ2n) is 7.51. The summed E-state index contributed by atoms with van der Waals surface area (Å²) in [4.78, 5) is 43.0. The predicted octanol–water partition coefficient (Wildman–Crippen LogP) is 0.415. The number of aromatic nitrogens is 1. The number of rotatable bonds is 6. The Balaban J connectivity index is 1.82. The number of nitrogens with one attached hydrogen (secondary N) is 3. The minimum atomic E-state index is -3.96. The van der Waals surface area contributed by atoms with E-state index >= 15 is 0 Å². The van der Waals surface area contributed by atoms with Gasteiger partial charge in [-0.3, -0.25) is 14.4 Å². The standard InChI is InChI=1S/C20H24N4O5S2/c1-12(2)17(24-31(28,29)13-6-4-3-5-7-13)19(26)23-15-10-14-16(30-11-22-14)8-9-21-20(27)18(15)25/h3-7,11-12,15,17,24H,8-10H2,1-2H3,(H,21,27)(H,23,26). The molecule has 0 saturated carbocycles. The van der Waals surface area contributed by atoms with Crippen LogP contribution in [-0.4, -0.2) is 49.6 Å². The fourth-order valence-corrected chi connectivity index (χ4v) is 5.35. The van der Waals surface area contributed by atoms with Crippen molar-refractivity contribution < 1.29 is 22.8 Å². The average molecular weight is 465 g/mol. The Hall–Kier alpha value is -2.63. The van der Waals surface area contributed by atoms with Crippen LogP contribution in [0.25, 0.3) is 0 Å². The Morgan fingerprint density at radius 2 is 1.94 bits per heavy atom. The van der Waals surface area contributed by atoms with E-state index in [1.807, 2.05) is 0 Å². The molecule has 31 heavy (non-hydrogen) atoms. The normalized spacial score (nSPS) is 18.4. The van der Waals surface area contributed by atoms with Crippen LogP contribution in [0, 0.1) is 5.92 Å². The molecule has 2 unspecified atom stereocenters. The molecule has 0 saturated heterocycles. The second-order valence-corrected chi connectivity index (χ2v) is 10.2. The van der Waals surface area contributed by atoms with Crippen molar-refractivity contribution in [3.63, 3.8) is 0 Å². The van der Waals surface area contributed by atoms with Crippen molar-refractivity contribution in [3.05, 3.63) is 46.4 Å². The summed E-state index contributed by atoms with van der Waals surface area (Å²) in [6, 6.07) is 5.42. The van der Waals surface area contributed by atoms with E-state index in [9.17, 15) is 22.8 Å². The first-order chi connectivity index (χ1) is 14.7. The fraction of sp³-hybridized carbons (Fsp3) is 0.400. The molecule has 2 heterocycles. The number of benzene rings is 1. The first-order valence-corrected chi connectivity index (χ1v) is 12.2. The molecular weight excluding hydrogens is 440 g/mol. The minimum absolute atomic E-state index is 0.0264. The van der Waals surface area contributed by atoms with Gasteiger partial charge in [0.25, 0.3) is 5.91 Å². The highest BCUT2D eigenvalue weighted by Gasteiger charge is 2.34. The molecule has 0 aliphatic carbocycles. The van der Waals surface area contributed by atoms with Crippen molar-refractivity contribution in [2.75, 3.05) is 6.54 Å². The highest BCUT2D eigenvalue weighted by Crippen LogP contribution is 2.18. The van der Waals surface area contributed by atoms with Gasteiger partial charge in [-0.2, -0.15) is 4.72 Å². The molecule has 1 aromatic carbocycles. The van der Waals surface area contributed by atoms with Gasteiger partial charge in [-0.05, 0) is 18.1 Å². The van der Waals surface area contributed by atoms with Crippen molar-refractivity contribution in [2.24, 2.45) is 5.92 Å². The zero-order chi connectivity index (χ0) is 22.6. The Kier molecular flexibility index (Phi) is 7.19. The van der Waals surface area contributed by atoms with E-state index in [1.54, 1.807) is 37.6 Å². The zero-order valence-corrected chi connectivity index (χ0v) is 18.8. The number of fused-ring (bicyclic) bond motifs is 1. The summed E-state index contributed by atoms with van der Waals surface area (Å²) in [6.45, 7) is 3.67. The van der Waals surface area contributed by atoms with Gasteiger partial charge >= 0.3 is 0 Å². The van der Waals surface area contributed by atoms with E-state index in [1.165, 1.54) is 23.5 Å². The van der Waals surface area contributed by atoms with E-state index in [0.29, 0.717) is 18.7 Å². The van der Waals surface area contributed by atoms with Crippen LogP contribution in [0.2, 0.25) is 0 Å². The van der Waals surface area contributed by atoms with Crippen LogP contribution in [0.15, 0.2) is 40.7 Å². The summed E-state index contributed by atoms with van der Waals surface area (Å²) in [5, 5.41) is 5.12. The number of thiazole rings is 1. The van der Waals surface area contributed by atoms with Gasteiger partial charge in [0.1, 0.15) is 12.1 Å². The number of hydrogen-bond acceptors (Lipinski definition) is 7. The van der Waals surface area contributed by atoms with E-state index in [4.69, 9.17) is 0 Å². The van der Waals surface area contributed by atoms with Gasteiger partial charge in [0.05, 0.1) is 16.1 Å². The Morgan fingerprint density at radius 3 is 2.61 bits per heavy atom. The summed E-state index contributed by atoms with van der Waals surface area (Å²) in [6.07, 6.45) is 0.609. The van der Waals surface area contributed by atoms with E-state index in [-0.39, 0.29) is 11.3 Å². The van der Waals surface area contributed by atoms with Crippen molar-refractivity contribution in [1.29, 1.82) is 0 Å². The number of carbonyl (C=O) groups is 3. The summed E-state index contributed by atoms with van der Waals surface area (Å²) in [5.74, 6) is -2.67. The number of carbonyl (C=O) groups excluding carboxylic acids is 3. The lowest BCUT2D eigenvalue weighted by atomic mass is 10.0. The largest absolute Gasteiger partial charge is 0.349 e. The molecule has 0 fully saturated rings. The summed E-state index contributed by atoms with van der Waals surface area (Å²) in [5.41, 5.74) is 2.30. The van der Waals surface area contributed by atoms with Crippen LogP contribution in [-0.2, 0) is 37.2 Å². The van der Waals surface area contributed by atoms with Crippen LogP contribution in [0.5, 0.6) is 0 Å². The van der Waals surface area contributed by atoms with Crippen LogP contribution >= 0.6 is 11.3 Å². The van der Waals surface area contributed by atoms with Crippen LogP contribution in [0.4, 0.5) is 0 Å². The van der Waals surface area contributed by atoms with E-state index in [0.717, 1.165) is 4.88 Å². The molecule has 2 aromatic rings. The van der Waals surface area contributed by atoms with Gasteiger partial charge in [-0.1, -0.05) is 32.0 Å². The Bertz CT molecular complexity index is 1070. The third-order valence-electron chi connectivity index (χ3n) is 4.90. The molecule has 1 aromatic heterocycles. The number of amides is 2. The minimum Gasteiger partial charge on any atom is -0.349 e. The SMILES string of the molecule is CC(C)C(NS(=O)(=O)c1ccccc1)C(=O)NC1Cc2ncsc2CCNC(=O)C1=O. The first kappa shape index (κ1) is 23.0. The van der Waals surface area contributed by atoms with Crippen LogP contribution < -0.4 is 15.4 Å². The molecule has 166 valence electrons. The second kappa shape index (κ2) is 9.67. The molecule has 3 rings (SSSR count). The summed E-state index contributed by atoms with van der Waals surface area (Å²) >= 11 is 1.42. The van der Waals surface area contributed by atoms with Gasteiger partial charge in [-0.15, -0.1) is 11.3 Å². The molecule has 0 bridgehead atoms. The third-order valence-corrected chi connectivity index (χ3v) is 7.29. The van der Waals surface area contributed by atoms with Gasteiger partial charge in [0.15, 0.2) is 0 Å². The zero-order valence-electron chi connectivity index (χ0n) is 17.1. The number of nitrogens with zero attached hydrogens (tertiary/aromatic N) is 1. The van der Waals surface area contributed by atoms with Crippen LogP contribution in [0.1, 0.15) is 24.4 Å². The fourth-order valence-electron chi connectivity index (χ4n) is 3.19. The topological polar surface area (TPSA) is 134 Å². The summed E-state index contributed by atoms with van der Waals surface area (Å²) in [7, 11) is -3.96. The van der Waals surface area contributed by atoms with Crippen molar-refractivity contribution in [3.8, 4) is 0 Å². The molecule has 2 atom stereocenters. The quantitative estimate of drug-likeness (QED) is 0.530. The third kappa shape index (κ3) is 5.54. The van der Waals surface area contributed by atoms with Gasteiger partial charge in [0, 0.05) is 24.3 Å². The van der Waals surface area contributed by atoms with Gasteiger partial charge < -0.3 is 10.6 Å². The predicted molar refractivity (Wildman–Crippen MR) is 115 cm³/mol. The highest BCUT2D eigenvalue weighted by atomic mass is 32.2. The highest BCUT2D eigenvalue weighted by molar-refractivity contribution is 7.89. The maximum atomic E-state index is 13.0. The lowest BCUT2D eigenvalue weighted by Crippen LogP contribution is -2.55. The average Bonchev–Trinajstić information content (AvgIpc) is 3.18. The molecular formula is C20H24N4O5S2. The molecule has 2 amide bonds.